The summed E-state index contributed by atoms with van der Waals surface area (Å²) in [4.78, 5) is 30.7. The maximum atomic E-state index is 12.1. The topological polar surface area (TPSA) is 72.7 Å². The van der Waals surface area contributed by atoms with Crippen LogP contribution in [0.2, 0.25) is 0 Å². The Morgan fingerprint density at radius 3 is 1.83 bits per heavy atom. The molecule has 0 aliphatic rings. The number of hydrogen-bond acceptors (Lipinski definition) is 3. The smallest absolute Gasteiger partial charge is 0.325 e. The number of hydrogen-bond donors (Lipinski definition) is 1. The first-order valence-corrected chi connectivity index (χ1v) is 11.8. The summed E-state index contributed by atoms with van der Waals surface area (Å²) < 4.78 is 3.23. The van der Waals surface area contributed by atoms with Crippen molar-refractivity contribution in [2.24, 2.45) is 14.1 Å². The van der Waals surface area contributed by atoms with Gasteiger partial charge in [-0.15, -0.1) is 6.58 Å². The molecule has 0 aliphatic carbocycles. The van der Waals surface area contributed by atoms with Gasteiger partial charge < -0.3 is 4.57 Å². The molecule has 2 rings (SSSR count). The van der Waals surface area contributed by atoms with Crippen LogP contribution in [0.15, 0.2) is 22.2 Å². The van der Waals surface area contributed by atoms with Crippen molar-refractivity contribution in [2.45, 2.75) is 96.3 Å². The Balaban J connectivity index is 1.54. The summed E-state index contributed by atoms with van der Waals surface area (Å²) in [5.74, 6) is 0.876. The van der Waals surface area contributed by atoms with Gasteiger partial charge in [0.15, 0.2) is 11.2 Å². The minimum absolute atomic E-state index is 0.359. The van der Waals surface area contributed by atoms with Gasteiger partial charge in [0.25, 0.3) is 5.56 Å². The first-order valence-electron chi connectivity index (χ1n) is 11.8. The summed E-state index contributed by atoms with van der Waals surface area (Å²) in [7, 11) is 3.49. The van der Waals surface area contributed by atoms with Gasteiger partial charge >= 0.3 is 5.69 Å². The van der Waals surface area contributed by atoms with Gasteiger partial charge in [0, 0.05) is 20.5 Å². The van der Waals surface area contributed by atoms with E-state index in [1.807, 2.05) is 17.7 Å². The summed E-state index contributed by atoms with van der Waals surface area (Å²) in [5, 5.41) is 0. The van der Waals surface area contributed by atoms with Gasteiger partial charge in [0.05, 0.1) is 0 Å². The highest BCUT2D eigenvalue weighted by Crippen LogP contribution is 2.15. The highest BCUT2D eigenvalue weighted by molar-refractivity contribution is 5.70. The minimum atomic E-state index is -0.416. The number of aromatic amines is 1. The third-order valence-electron chi connectivity index (χ3n) is 6.04. The molecule has 1 N–H and O–H groups in total. The number of nitrogens with one attached hydrogen (secondary N) is 1. The number of imidazole rings is 1. The van der Waals surface area contributed by atoms with Crippen molar-refractivity contribution in [1.82, 2.24) is 19.1 Å². The Bertz CT molecular complexity index is 891. The summed E-state index contributed by atoms with van der Waals surface area (Å²) in [6, 6.07) is 0. The summed E-state index contributed by atoms with van der Waals surface area (Å²) in [5.41, 5.74) is 0.171. The molecule has 0 saturated heterocycles. The summed E-state index contributed by atoms with van der Waals surface area (Å²) in [6.45, 7) is 3.77. The lowest BCUT2D eigenvalue weighted by Gasteiger charge is -2.04. The van der Waals surface area contributed by atoms with Gasteiger partial charge in [-0.3, -0.25) is 14.3 Å². The van der Waals surface area contributed by atoms with Crippen LogP contribution in [0.3, 0.4) is 0 Å². The lowest BCUT2D eigenvalue weighted by atomic mass is 10.0. The number of aryl methyl sites for hydroxylation is 3. The molecule has 6 heteroatoms. The highest BCUT2D eigenvalue weighted by atomic mass is 16.2. The van der Waals surface area contributed by atoms with E-state index in [9.17, 15) is 9.59 Å². The molecule has 0 aromatic carbocycles. The molecular weight excluding hydrogens is 376 g/mol. The molecule has 0 saturated carbocycles. The number of aromatic nitrogens is 4. The summed E-state index contributed by atoms with van der Waals surface area (Å²) in [6.07, 6.45) is 21.1. The van der Waals surface area contributed by atoms with Crippen LogP contribution in [-0.2, 0) is 20.5 Å². The predicted octanol–water partition coefficient (Wildman–Crippen LogP) is 5.15. The first kappa shape index (κ1) is 24.2. The lowest BCUT2D eigenvalue weighted by molar-refractivity contribution is 0.535. The zero-order valence-electron chi connectivity index (χ0n) is 19.0. The average molecular weight is 417 g/mol. The average Bonchev–Trinajstić information content (AvgIpc) is 3.06. The van der Waals surface area contributed by atoms with E-state index < -0.39 is 5.69 Å². The van der Waals surface area contributed by atoms with Crippen LogP contribution >= 0.6 is 0 Å². The molecule has 0 radical (unpaired) electrons. The SMILES string of the molecule is C=CCCCCCCCCCCCCCCCc1nc2c(c(=O)[nH]c(=O)n2C)n1C. The van der Waals surface area contributed by atoms with Gasteiger partial charge in [-0.1, -0.05) is 76.7 Å². The molecule has 0 bridgehead atoms. The van der Waals surface area contributed by atoms with E-state index in [-0.39, 0.29) is 5.56 Å². The number of H-pyrrole nitrogens is 1. The maximum absolute atomic E-state index is 12.1. The van der Waals surface area contributed by atoms with Crippen molar-refractivity contribution in [3.05, 3.63) is 39.3 Å². The van der Waals surface area contributed by atoms with Crippen molar-refractivity contribution < 1.29 is 0 Å². The Hall–Kier alpha value is -2.11. The molecule has 0 amide bonds. The Morgan fingerprint density at radius 2 is 1.30 bits per heavy atom. The quantitative estimate of drug-likeness (QED) is 0.304. The molecule has 0 fully saturated rings. The molecule has 168 valence electrons. The van der Waals surface area contributed by atoms with Gasteiger partial charge in [0.2, 0.25) is 0 Å². The van der Waals surface area contributed by atoms with Crippen LogP contribution in [0.25, 0.3) is 11.2 Å². The van der Waals surface area contributed by atoms with Crippen LogP contribution in [0.1, 0.15) is 95.7 Å². The van der Waals surface area contributed by atoms with Crippen LogP contribution in [0.4, 0.5) is 0 Å². The second-order valence-electron chi connectivity index (χ2n) is 8.50. The Labute approximate surface area is 180 Å². The number of nitrogens with zero attached hydrogens (tertiary/aromatic N) is 3. The normalized spacial score (nSPS) is 11.4. The molecule has 0 spiro atoms. The third kappa shape index (κ3) is 7.29. The number of rotatable bonds is 16. The van der Waals surface area contributed by atoms with Gasteiger partial charge in [0.1, 0.15) is 5.82 Å². The van der Waals surface area contributed by atoms with Gasteiger partial charge in [-0.05, 0) is 19.3 Å². The van der Waals surface area contributed by atoms with Gasteiger partial charge in [-0.2, -0.15) is 0 Å². The molecule has 2 heterocycles. The fourth-order valence-electron chi connectivity index (χ4n) is 4.09. The molecule has 0 aliphatic heterocycles. The fourth-order valence-corrected chi connectivity index (χ4v) is 4.09. The molecular formula is C24H40N4O2. The molecule has 0 unspecified atom stereocenters. The fraction of sp³-hybridized carbons (Fsp3) is 0.708. The van der Waals surface area contributed by atoms with Crippen molar-refractivity contribution in [3.8, 4) is 0 Å². The Morgan fingerprint density at radius 1 is 0.800 bits per heavy atom. The van der Waals surface area contributed by atoms with E-state index in [1.165, 1.54) is 88.0 Å². The van der Waals surface area contributed by atoms with Gasteiger partial charge in [-0.25, -0.2) is 9.78 Å². The second kappa shape index (κ2) is 13.2. The largest absolute Gasteiger partial charge is 0.329 e. The van der Waals surface area contributed by atoms with Crippen molar-refractivity contribution >= 4 is 11.2 Å². The van der Waals surface area contributed by atoms with E-state index in [0.717, 1.165) is 18.7 Å². The molecule has 0 atom stereocenters. The van der Waals surface area contributed by atoms with Crippen LogP contribution < -0.4 is 11.2 Å². The van der Waals surface area contributed by atoms with E-state index in [1.54, 1.807) is 7.05 Å². The molecule has 30 heavy (non-hydrogen) atoms. The van der Waals surface area contributed by atoms with E-state index in [2.05, 4.69) is 16.5 Å². The third-order valence-corrected chi connectivity index (χ3v) is 6.04. The van der Waals surface area contributed by atoms with Crippen LogP contribution in [0.5, 0.6) is 0 Å². The maximum Gasteiger partial charge on any atom is 0.329 e. The molecule has 6 nitrogen and oxygen atoms in total. The second-order valence-corrected chi connectivity index (χ2v) is 8.50. The van der Waals surface area contributed by atoms with Crippen LogP contribution in [0, 0.1) is 0 Å². The van der Waals surface area contributed by atoms with E-state index >= 15 is 0 Å². The standard InChI is InChI=1S/C24H40N4O2/c1-4-5-6-7-8-9-10-11-12-13-14-15-16-17-18-19-20-25-22-21(27(20)2)23(29)26-24(30)28(22)3/h4H,1,5-19H2,2-3H3,(H,26,29,30). The monoisotopic (exact) mass is 416 g/mol. The van der Waals surface area contributed by atoms with E-state index in [0.29, 0.717) is 11.2 Å². The zero-order chi connectivity index (χ0) is 21.8. The molecule has 2 aromatic rings. The van der Waals surface area contributed by atoms with Crippen molar-refractivity contribution in [1.29, 1.82) is 0 Å². The first-order chi connectivity index (χ1) is 14.6. The van der Waals surface area contributed by atoms with Crippen LogP contribution in [-0.4, -0.2) is 19.1 Å². The summed E-state index contributed by atoms with van der Waals surface area (Å²) >= 11 is 0. The molecule has 2 aromatic heterocycles. The Kier molecular flexibility index (Phi) is 10.7. The lowest BCUT2D eigenvalue weighted by Crippen LogP contribution is -2.29. The number of unbranched alkanes of at least 4 members (excludes halogenated alkanes) is 13. The predicted molar refractivity (Wildman–Crippen MR) is 125 cm³/mol. The zero-order valence-corrected chi connectivity index (χ0v) is 19.0. The van der Waals surface area contributed by atoms with Crippen molar-refractivity contribution in [2.75, 3.05) is 0 Å². The number of fused-ring (bicyclic) bond motifs is 1. The minimum Gasteiger partial charge on any atom is -0.325 e. The number of allylic oxidation sites excluding steroid dienone is 1. The van der Waals surface area contributed by atoms with E-state index in [4.69, 9.17) is 0 Å². The highest BCUT2D eigenvalue weighted by Gasteiger charge is 2.14. The van der Waals surface area contributed by atoms with Crippen molar-refractivity contribution in [3.63, 3.8) is 0 Å².